The number of hydrogen-bond donors (Lipinski definition) is 6. The molecule has 5 aromatic rings. The third-order valence-electron chi connectivity index (χ3n) is 14.2. The van der Waals surface area contributed by atoms with Crippen LogP contribution in [0.25, 0.3) is 0 Å². The lowest BCUT2D eigenvalue weighted by Gasteiger charge is -2.21. The van der Waals surface area contributed by atoms with Crippen molar-refractivity contribution in [3.63, 3.8) is 0 Å². The number of likely N-dealkylation sites (tertiary alicyclic amines) is 5. The quantitative estimate of drug-likeness (QED) is 0.0644. The second-order valence-electron chi connectivity index (χ2n) is 19.9. The smallest absolute Gasteiger partial charge is 0.218 e. The zero-order valence-corrected chi connectivity index (χ0v) is 48.6. The molecule has 0 aliphatic carbocycles. The molecular weight excluding hydrogens is 1030 g/mol. The van der Waals surface area contributed by atoms with Gasteiger partial charge in [-0.2, -0.15) is 0 Å². The zero-order valence-electron chi connectivity index (χ0n) is 47.1. The largest absolute Gasteiger partial charge is 0.476 e. The topological polar surface area (TPSA) is 244 Å². The van der Waals surface area contributed by atoms with E-state index in [-0.39, 0.29) is 13.2 Å². The monoisotopic (exact) mass is 1120 g/mol. The van der Waals surface area contributed by atoms with Crippen molar-refractivity contribution in [3.05, 3.63) is 136 Å². The lowest BCUT2D eigenvalue weighted by molar-refractivity contribution is 0.280. The first kappa shape index (κ1) is 66.0. The van der Waals surface area contributed by atoms with Crippen LogP contribution in [0.1, 0.15) is 122 Å². The molecule has 5 aliphatic rings. The summed E-state index contributed by atoms with van der Waals surface area (Å²) in [6.07, 6.45) is 23.6. The molecule has 0 radical (unpaired) electrons. The molecule has 5 aromatic heterocycles. The van der Waals surface area contributed by atoms with Gasteiger partial charge in [-0.1, -0.05) is 53.5 Å². The minimum absolute atomic E-state index is 0.0972. The van der Waals surface area contributed by atoms with E-state index >= 15 is 0 Å². The number of nitrogens with two attached hydrogens (primary N) is 4. The highest BCUT2D eigenvalue weighted by Gasteiger charge is 2.27. The van der Waals surface area contributed by atoms with E-state index in [1.54, 1.807) is 12.4 Å². The van der Waals surface area contributed by atoms with Crippen LogP contribution in [-0.2, 0) is 0 Å². The summed E-state index contributed by atoms with van der Waals surface area (Å²) >= 11 is 11.8. The molecule has 10 rings (SSSR count). The van der Waals surface area contributed by atoms with E-state index in [2.05, 4.69) is 115 Å². The highest BCUT2D eigenvalue weighted by Crippen LogP contribution is 2.36. The maximum atomic E-state index is 7.75. The summed E-state index contributed by atoms with van der Waals surface area (Å²) < 4.78 is 10.9. The molecule has 432 valence electrons. The summed E-state index contributed by atoms with van der Waals surface area (Å²) in [5.74, 6) is 1.40. The van der Waals surface area contributed by atoms with E-state index in [1.165, 1.54) is 112 Å². The number of nitrogens with zero attached hydrogens (tertiary/aromatic N) is 10. The van der Waals surface area contributed by atoms with Gasteiger partial charge in [-0.15, -0.1) is 0 Å². The maximum absolute atomic E-state index is 7.75. The van der Waals surface area contributed by atoms with Crippen LogP contribution in [0.2, 0.25) is 10.3 Å². The van der Waals surface area contributed by atoms with Crippen LogP contribution in [-0.4, -0.2) is 180 Å². The number of rotatable bonds is 13. The number of pyridine rings is 5. The molecule has 10 heterocycles. The van der Waals surface area contributed by atoms with E-state index in [1.807, 2.05) is 55.1 Å². The molecule has 5 aliphatic heterocycles. The van der Waals surface area contributed by atoms with Crippen molar-refractivity contribution in [2.45, 2.75) is 94.4 Å². The number of aliphatic hydroxyl groups is 2. The Morgan fingerprint density at radius 1 is 0.474 bits per heavy atom. The van der Waals surface area contributed by atoms with Crippen LogP contribution in [0.4, 0.5) is 0 Å². The third kappa shape index (κ3) is 22.6. The van der Waals surface area contributed by atoms with Crippen molar-refractivity contribution in [1.29, 1.82) is 0 Å². The van der Waals surface area contributed by atoms with E-state index in [9.17, 15) is 0 Å². The predicted octanol–water partition coefficient (Wildman–Crippen LogP) is 7.10. The van der Waals surface area contributed by atoms with Crippen molar-refractivity contribution in [2.75, 3.05) is 121 Å². The van der Waals surface area contributed by atoms with Crippen molar-refractivity contribution < 1.29 is 19.7 Å². The van der Waals surface area contributed by atoms with Gasteiger partial charge in [-0.3, -0.25) is 29.5 Å². The fourth-order valence-electron chi connectivity index (χ4n) is 10.2. The van der Waals surface area contributed by atoms with Crippen LogP contribution in [0.5, 0.6) is 11.8 Å². The van der Waals surface area contributed by atoms with E-state index in [0.717, 1.165) is 19.0 Å². The van der Waals surface area contributed by atoms with Crippen molar-refractivity contribution in [2.24, 2.45) is 22.9 Å². The molecule has 10 N–H and O–H groups in total. The van der Waals surface area contributed by atoms with Crippen LogP contribution >= 0.6 is 23.2 Å². The Morgan fingerprint density at radius 3 is 1.29 bits per heavy atom. The SMILES string of the molecule is CN1CCC[C@H]1c1ccc(Cl)nc1.CN1CCC[C@H]1c1ccc(OCCN)nc1.CN1CCC[C@H]1c1cccnc1.CN1CCC[C@H]1c1cccnc1Cl.CN1CCC[C@H]1c1cccnc1OCCN.NCCO.NCCO. The van der Waals surface area contributed by atoms with Gasteiger partial charge >= 0.3 is 0 Å². The van der Waals surface area contributed by atoms with Gasteiger partial charge in [0.25, 0.3) is 0 Å². The molecule has 0 aromatic carbocycles. The first-order valence-electron chi connectivity index (χ1n) is 27.7. The predicted molar refractivity (Wildman–Crippen MR) is 316 cm³/mol. The zero-order chi connectivity index (χ0) is 56.5. The van der Waals surface area contributed by atoms with Gasteiger partial charge in [0.05, 0.1) is 13.2 Å². The average Bonchev–Trinajstić information content (AvgIpc) is 4.36. The van der Waals surface area contributed by atoms with Crippen LogP contribution in [0.15, 0.2) is 97.8 Å². The summed E-state index contributed by atoms with van der Waals surface area (Å²) in [6.45, 7) is 8.94. The lowest BCUT2D eigenvalue weighted by atomic mass is 10.1. The molecule has 18 nitrogen and oxygen atoms in total. The molecule has 78 heavy (non-hydrogen) atoms. The van der Waals surface area contributed by atoms with Crippen molar-refractivity contribution in [1.82, 2.24) is 49.4 Å². The minimum Gasteiger partial charge on any atom is -0.476 e. The van der Waals surface area contributed by atoms with E-state index in [0.29, 0.717) is 85.8 Å². The van der Waals surface area contributed by atoms with Gasteiger partial charge in [-0.25, -0.2) is 19.9 Å². The van der Waals surface area contributed by atoms with Gasteiger partial charge in [0.15, 0.2) is 0 Å². The summed E-state index contributed by atoms with van der Waals surface area (Å²) in [5.41, 5.74) is 26.6. The maximum Gasteiger partial charge on any atom is 0.218 e. The fourth-order valence-corrected chi connectivity index (χ4v) is 10.5. The Morgan fingerprint density at radius 2 is 0.897 bits per heavy atom. The van der Waals surface area contributed by atoms with E-state index in [4.69, 9.17) is 65.8 Å². The summed E-state index contributed by atoms with van der Waals surface area (Å²) in [5, 5.41) is 16.7. The number of halogens is 2. The molecular formula is C58H92Cl2N14O4. The van der Waals surface area contributed by atoms with Crippen LogP contribution in [0, 0.1) is 0 Å². The normalized spacial score (nSPS) is 21.2. The first-order chi connectivity index (χ1) is 37.9. The number of hydrogen-bond acceptors (Lipinski definition) is 18. The standard InChI is InChI=1S/2C12H19N3O.2C10H13ClN2.C10H14N2.2C2H7NO/c1-15-8-3-5-11(15)10-4-2-7-14-12(10)16-9-6-13;1-15-7-2-3-11(15)10-4-5-12(14-9-10)16-8-6-13;1-13-7-3-5-9(13)8-4-2-6-12-10(8)11;1-13-6-2-3-9(13)8-4-5-10(11)12-7-8;1-12-7-3-5-10(12)9-4-2-6-11-8-9;2*3-1-2-4/h2,4,7,11H,3,5-6,8-9,13H2,1H3;4-5,9,11H,2-3,6-8,13H2,1H3;2,4,6,9H,3,5,7H2,1H3;4-5,7,9H,2-3,6H2,1H3;2,4,6,8,10H,3,5,7H2,1H3;2*4H,1-3H2/t2*11-;2*9-;10-;;/m00000../s1. The second-order valence-corrected chi connectivity index (χ2v) is 20.6. The molecule has 0 amide bonds. The number of aliphatic hydroxyl groups excluding tert-OH is 2. The molecule has 0 unspecified atom stereocenters. The van der Waals surface area contributed by atoms with Crippen LogP contribution in [0.3, 0.4) is 0 Å². The highest BCUT2D eigenvalue weighted by molar-refractivity contribution is 6.30. The number of aromatic nitrogens is 5. The molecule has 0 saturated carbocycles. The summed E-state index contributed by atoms with van der Waals surface area (Å²) in [7, 11) is 10.8. The Kier molecular flexibility index (Phi) is 32.3. The van der Waals surface area contributed by atoms with Gasteiger partial charge in [0.2, 0.25) is 11.8 Å². The Hall–Kier alpha value is -4.51. The van der Waals surface area contributed by atoms with Crippen molar-refractivity contribution >= 4 is 23.2 Å². The molecule has 0 spiro atoms. The highest BCUT2D eigenvalue weighted by atomic mass is 35.5. The van der Waals surface area contributed by atoms with Gasteiger partial charge in [-0.05, 0) is 173 Å². The van der Waals surface area contributed by atoms with Gasteiger partial charge in [0.1, 0.15) is 23.5 Å². The molecule has 5 atom stereocenters. The Bertz CT molecular complexity index is 2310. The van der Waals surface area contributed by atoms with Gasteiger partial charge < -0.3 is 42.6 Å². The Labute approximate surface area is 475 Å². The fraction of sp³-hybridized carbons (Fsp3) is 0.569. The van der Waals surface area contributed by atoms with Crippen molar-refractivity contribution in [3.8, 4) is 11.8 Å². The van der Waals surface area contributed by atoms with E-state index < -0.39 is 0 Å². The lowest BCUT2D eigenvalue weighted by Crippen LogP contribution is -2.19. The summed E-state index contributed by atoms with van der Waals surface area (Å²) in [6, 6.07) is 22.8. The third-order valence-corrected chi connectivity index (χ3v) is 14.8. The molecule has 0 bridgehead atoms. The number of ether oxygens (including phenoxy) is 2. The molecule has 5 saturated heterocycles. The van der Waals surface area contributed by atoms with Gasteiger partial charge in [0, 0.05) is 111 Å². The second kappa shape index (κ2) is 38.2. The Balaban J connectivity index is 0.000000204. The average molecular weight is 1120 g/mol. The molecule has 20 heteroatoms. The molecule has 5 fully saturated rings. The van der Waals surface area contributed by atoms with Crippen LogP contribution < -0.4 is 32.4 Å². The minimum atomic E-state index is 0.0972. The first-order valence-corrected chi connectivity index (χ1v) is 28.5. The summed E-state index contributed by atoms with van der Waals surface area (Å²) in [4.78, 5) is 32.7.